The quantitative estimate of drug-likeness (QED) is 0.830. The highest BCUT2D eigenvalue weighted by Gasteiger charge is 2.47. The molecule has 0 N–H and O–H groups in total. The molecule has 0 unspecified atom stereocenters. The molecule has 2 aliphatic heterocycles. The lowest BCUT2D eigenvalue weighted by Crippen LogP contribution is -2.54. The molecule has 2 nitrogen and oxygen atoms in total. The average Bonchev–Trinajstić information content (AvgIpc) is 2.56. The third kappa shape index (κ3) is 2.12. The number of carbonyl (C=O) groups is 1. The summed E-state index contributed by atoms with van der Waals surface area (Å²) >= 11 is 0. The zero-order chi connectivity index (χ0) is 15.1. The number of ketones is 1. The Labute approximate surface area is 129 Å². The van der Waals surface area contributed by atoms with Gasteiger partial charge in [-0.3, -0.25) is 4.79 Å². The lowest BCUT2D eigenvalue weighted by Gasteiger charge is -2.52. The maximum absolute atomic E-state index is 13.3. The van der Waals surface area contributed by atoms with Gasteiger partial charge in [0.05, 0.1) is 6.04 Å². The van der Waals surface area contributed by atoms with Crippen molar-refractivity contribution in [1.29, 1.82) is 0 Å². The first-order valence-electron chi connectivity index (χ1n) is 7.85. The number of hydrogen-bond donors (Lipinski definition) is 0. The molecule has 112 valence electrons. The molecule has 5 rings (SSSR count). The molecular weight excluding hydrogens is 277 g/mol. The number of halogens is 1. The zero-order valence-electron chi connectivity index (χ0n) is 12.3. The Bertz CT molecular complexity index is 682. The molecule has 3 fully saturated rings. The van der Waals surface area contributed by atoms with E-state index in [-0.39, 0.29) is 23.8 Å². The normalized spacial score (nSPS) is 27.2. The second-order valence-electron chi connectivity index (χ2n) is 6.25. The van der Waals surface area contributed by atoms with Crippen LogP contribution in [0.25, 0.3) is 0 Å². The van der Waals surface area contributed by atoms with E-state index in [0.717, 1.165) is 24.1 Å². The molecule has 2 aromatic rings. The number of anilines is 1. The highest BCUT2D eigenvalue weighted by molar-refractivity contribution is 5.86. The van der Waals surface area contributed by atoms with E-state index < -0.39 is 0 Å². The van der Waals surface area contributed by atoms with Crippen molar-refractivity contribution in [1.82, 2.24) is 0 Å². The van der Waals surface area contributed by atoms with E-state index in [0.29, 0.717) is 12.2 Å². The molecular formula is C19H18FNO. The Morgan fingerprint density at radius 1 is 0.955 bits per heavy atom. The molecule has 3 heteroatoms. The highest BCUT2D eigenvalue weighted by atomic mass is 19.1. The second-order valence-corrected chi connectivity index (χ2v) is 6.25. The minimum Gasteiger partial charge on any atom is -0.360 e. The maximum Gasteiger partial charge on any atom is 0.140 e. The van der Waals surface area contributed by atoms with Crippen LogP contribution < -0.4 is 4.90 Å². The van der Waals surface area contributed by atoms with Gasteiger partial charge in [-0.2, -0.15) is 0 Å². The summed E-state index contributed by atoms with van der Waals surface area (Å²) in [5.74, 6) is 0.149. The van der Waals surface area contributed by atoms with Gasteiger partial charge in [0.2, 0.25) is 0 Å². The van der Waals surface area contributed by atoms with Crippen LogP contribution in [0.1, 0.15) is 30.9 Å². The maximum atomic E-state index is 13.3. The van der Waals surface area contributed by atoms with E-state index in [1.54, 1.807) is 0 Å². The second kappa shape index (κ2) is 5.24. The summed E-state index contributed by atoms with van der Waals surface area (Å²) in [5.41, 5.74) is 2.19. The van der Waals surface area contributed by atoms with Crippen LogP contribution in [-0.2, 0) is 4.79 Å². The largest absolute Gasteiger partial charge is 0.360 e. The fourth-order valence-corrected chi connectivity index (χ4v) is 4.04. The van der Waals surface area contributed by atoms with Gasteiger partial charge in [0.25, 0.3) is 0 Å². The predicted octanol–water partition coefficient (Wildman–Crippen LogP) is 4.12. The van der Waals surface area contributed by atoms with Crippen LogP contribution in [0.4, 0.5) is 10.1 Å². The van der Waals surface area contributed by atoms with Gasteiger partial charge in [-0.1, -0.05) is 30.3 Å². The Morgan fingerprint density at radius 2 is 1.68 bits per heavy atom. The molecule has 1 aliphatic carbocycles. The first-order chi connectivity index (χ1) is 10.7. The van der Waals surface area contributed by atoms with E-state index in [1.807, 2.05) is 30.3 Å². The summed E-state index contributed by atoms with van der Waals surface area (Å²) in [6, 6.07) is 17.2. The number of nitrogens with zero attached hydrogens (tertiary/aromatic N) is 1. The summed E-state index contributed by atoms with van der Waals surface area (Å²) in [7, 11) is 0. The Hall–Kier alpha value is -2.16. The van der Waals surface area contributed by atoms with Crippen LogP contribution in [0.2, 0.25) is 0 Å². The topological polar surface area (TPSA) is 20.3 Å². The third-order valence-electron chi connectivity index (χ3n) is 5.00. The van der Waals surface area contributed by atoms with Crippen molar-refractivity contribution in [3.8, 4) is 0 Å². The summed E-state index contributed by atoms with van der Waals surface area (Å²) in [4.78, 5) is 14.8. The molecule has 0 spiro atoms. The van der Waals surface area contributed by atoms with Gasteiger partial charge in [-0.25, -0.2) is 4.39 Å². The first-order valence-corrected chi connectivity index (χ1v) is 7.85. The van der Waals surface area contributed by atoms with Crippen molar-refractivity contribution in [2.75, 3.05) is 4.90 Å². The molecule has 1 saturated carbocycles. The van der Waals surface area contributed by atoms with Gasteiger partial charge < -0.3 is 4.90 Å². The average molecular weight is 295 g/mol. The van der Waals surface area contributed by atoms with Gasteiger partial charge in [-0.05, 0) is 42.7 Å². The van der Waals surface area contributed by atoms with Gasteiger partial charge in [0.1, 0.15) is 11.6 Å². The molecule has 2 saturated heterocycles. The van der Waals surface area contributed by atoms with Crippen LogP contribution >= 0.6 is 0 Å². The van der Waals surface area contributed by atoms with Crippen LogP contribution in [0, 0.1) is 11.7 Å². The number of piperidine rings is 2. The Balaban J connectivity index is 1.80. The standard InChI is InChI=1S/C19H18FNO/c20-14-8-6-13(7-9-14)19-17-11-10-16(12-18(17)22)21(19)15-4-2-1-3-5-15/h1-9,16-17,19H,10-12H2/t16-,17+,19-/m0/s1. The Morgan fingerprint density at radius 3 is 2.36 bits per heavy atom. The number of carbonyl (C=O) groups excluding carboxylic acids is 1. The van der Waals surface area contributed by atoms with Crippen molar-refractivity contribution in [3.05, 3.63) is 66.0 Å². The van der Waals surface area contributed by atoms with Gasteiger partial charge >= 0.3 is 0 Å². The molecule has 3 atom stereocenters. The first kappa shape index (κ1) is 13.5. The molecule has 0 radical (unpaired) electrons. The highest BCUT2D eigenvalue weighted by Crippen LogP contribution is 2.47. The molecule has 3 aliphatic rings. The SMILES string of the molecule is O=C1C[C@@H]2CC[C@H]1[C@H](c1ccc(F)cc1)N2c1ccccc1. The number of Topliss-reactive ketones (excluding diaryl/α,β-unsaturated/α-hetero) is 1. The molecule has 2 heterocycles. The van der Waals surface area contributed by atoms with E-state index in [2.05, 4.69) is 17.0 Å². The van der Waals surface area contributed by atoms with E-state index >= 15 is 0 Å². The summed E-state index contributed by atoms with van der Waals surface area (Å²) in [6.07, 6.45) is 2.63. The Kier molecular flexibility index (Phi) is 3.21. The number of para-hydroxylation sites is 1. The van der Waals surface area contributed by atoms with Crippen LogP contribution in [0.3, 0.4) is 0 Å². The van der Waals surface area contributed by atoms with Gasteiger partial charge in [0, 0.05) is 24.1 Å². The summed E-state index contributed by atoms with van der Waals surface area (Å²) in [6.45, 7) is 0. The lowest BCUT2D eigenvalue weighted by molar-refractivity contribution is -0.128. The van der Waals surface area contributed by atoms with Crippen molar-refractivity contribution < 1.29 is 9.18 Å². The van der Waals surface area contributed by atoms with Crippen LogP contribution in [0.15, 0.2) is 54.6 Å². The van der Waals surface area contributed by atoms with Gasteiger partial charge in [0.15, 0.2) is 0 Å². The number of rotatable bonds is 2. The third-order valence-corrected chi connectivity index (χ3v) is 5.00. The fourth-order valence-electron chi connectivity index (χ4n) is 4.04. The van der Waals surface area contributed by atoms with E-state index in [1.165, 1.54) is 12.1 Å². The van der Waals surface area contributed by atoms with E-state index in [4.69, 9.17) is 0 Å². The van der Waals surface area contributed by atoms with Crippen molar-refractivity contribution >= 4 is 11.5 Å². The molecule has 22 heavy (non-hydrogen) atoms. The monoisotopic (exact) mass is 295 g/mol. The van der Waals surface area contributed by atoms with Crippen LogP contribution in [-0.4, -0.2) is 11.8 Å². The number of benzene rings is 2. The minimum atomic E-state index is -0.234. The van der Waals surface area contributed by atoms with Crippen molar-refractivity contribution in [2.45, 2.75) is 31.3 Å². The lowest BCUT2D eigenvalue weighted by atomic mass is 9.71. The number of hydrogen-bond acceptors (Lipinski definition) is 2. The molecule has 0 aromatic heterocycles. The van der Waals surface area contributed by atoms with Crippen molar-refractivity contribution in [2.24, 2.45) is 5.92 Å². The van der Waals surface area contributed by atoms with Crippen molar-refractivity contribution in [3.63, 3.8) is 0 Å². The fraction of sp³-hybridized carbons (Fsp3) is 0.316. The summed E-state index contributed by atoms with van der Waals surface area (Å²) in [5, 5.41) is 0. The molecule has 0 amide bonds. The number of fused-ring (bicyclic) bond motifs is 3. The smallest absolute Gasteiger partial charge is 0.140 e. The molecule has 2 bridgehead atoms. The predicted molar refractivity (Wildman–Crippen MR) is 84.2 cm³/mol. The van der Waals surface area contributed by atoms with E-state index in [9.17, 15) is 9.18 Å². The zero-order valence-corrected chi connectivity index (χ0v) is 12.3. The minimum absolute atomic E-state index is 0.0238. The summed E-state index contributed by atoms with van der Waals surface area (Å²) < 4.78 is 13.3. The van der Waals surface area contributed by atoms with Gasteiger partial charge in [-0.15, -0.1) is 0 Å². The van der Waals surface area contributed by atoms with Crippen LogP contribution in [0.5, 0.6) is 0 Å². The molecule has 2 aromatic carbocycles.